The van der Waals surface area contributed by atoms with E-state index in [2.05, 4.69) is 24.5 Å². The Kier molecular flexibility index (Phi) is 3.23. The third-order valence-electron chi connectivity index (χ3n) is 2.99. The number of benzene rings is 1. The number of carbonyl (C=O) groups excluding carboxylic acids is 1. The lowest BCUT2D eigenvalue weighted by Crippen LogP contribution is -2.40. The van der Waals surface area contributed by atoms with Gasteiger partial charge in [-0.05, 0) is 17.5 Å². The lowest BCUT2D eigenvalue weighted by molar-refractivity contribution is -0.138. The number of nitrogens with one attached hydrogen (secondary N) is 2. The predicted molar refractivity (Wildman–Crippen MR) is 68.8 cm³/mol. The van der Waals surface area contributed by atoms with Crippen molar-refractivity contribution in [3.8, 4) is 0 Å². The number of carboxylic acids is 1. The summed E-state index contributed by atoms with van der Waals surface area (Å²) in [6.45, 7) is 4.11. The molecule has 1 aliphatic rings. The highest BCUT2D eigenvalue weighted by molar-refractivity contribution is 6.05. The molecule has 2 rings (SSSR count). The van der Waals surface area contributed by atoms with Gasteiger partial charge < -0.3 is 15.7 Å². The molecular formula is C13H16N2O3. The number of rotatable bonds is 3. The first-order chi connectivity index (χ1) is 8.49. The number of carboxylic acid groups (broad SMARTS) is 1. The van der Waals surface area contributed by atoms with Gasteiger partial charge in [0.25, 0.3) is 0 Å². The molecule has 18 heavy (non-hydrogen) atoms. The highest BCUT2D eigenvalue weighted by Crippen LogP contribution is 2.34. The highest BCUT2D eigenvalue weighted by atomic mass is 16.4. The Balaban J connectivity index is 2.35. The van der Waals surface area contributed by atoms with Crippen molar-refractivity contribution >= 4 is 23.3 Å². The van der Waals surface area contributed by atoms with Crippen molar-refractivity contribution < 1.29 is 14.7 Å². The molecule has 5 nitrogen and oxygen atoms in total. The fraction of sp³-hybridized carbons (Fsp3) is 0.385. The van der Waals surface area contributed by atoms with E-state index in [1.807, 2.05) is 18.2 Å². The smallest absolute Gasteiger partial charge is 0.305 e. The Labute approximate surface area is 105 Å². The molecule has 0 aromatic heterocycles. The van der Waals surface area contributed by atoms with E-state index >= 15 is 0 Å². The summed E-state index contributed by atoms with van der Waals surface area (Å²) in [6.07, 6.45) is -0.225. The molecule has 1 heterocycles. The van der Waals surface area contributed by atoms with Crippen molar-refractivity contribution in [1.82, 2.24) is 0 Å². The van der Waals surface area contributed by atoms with Crippen molar-refractivity contribution in [2.24, 2.45) is 0 Å². The van der Waals surface area contributed by atoms with E-state index < -0.39 is 12.0 Å². The number of carbonyl (C=O) groups is 2. The maximum Gasteiger partial charge on any atom is 0.305 e. The zero-order chi connectivity index (χ0) is 13.3. The zero-order valence-electron chi connectivity index (χ0n) is 10.4. The number of anilines is 2. The molecule has 1 aromatic rings. The van der Waals surface area contributed by atoms with E-state index in [9.17, 15) is 9.59 Å². The van der Waals surface area contributed by atoms with Gasteiger partial charge in [-0.3, -0.25) is 9.59 Å². The van der Waals surface area contributed by atoms with E-state index in [-0.39, 0.29) is 12.3 Å². The molecule has 0 saturated heterocycles. The number of fused-ring (bicyclic) bond motifs is 1. The molecule has 1 unspecified atom stereocenters. The zero-order valence-corrected chi connectivity index (χ0v) is 10.4. The molecular weight excluding hydrogens is 232 g/mol. The van der Waals surface area contributed by atoms with Crippen LogP contribution in [0.15, 0.2) is 18.2 Å². The molecule has 1 atom stereocenters. The summed E-state index contributed by atoms with van der Waals surface area (Å²) in [5.41, 5.74) is 2.62. The first kappa shape index (κ1) is 12.4. The molecule has 0 saturated carbocycles. The molecule has 1 amide bonds. The number of hydrogen-bond donors (Lipinski definition) is 3. The standard InChI is InChI=1S/C13H16N2O3/c1-7(2)8-4-3-5-9-12(8)14-10(6-11(16)17)13(18)15-9/h3-5,7,10,14H,6H2,1-2H3,(H,15,18)(H,16,17). The fourth-order valence-electron chi connectivity index (χ4n) is 2.09. The van der Waals surface area contributed by atoms with Gasteiger partial charge in [0.2, 0.25) is 5.91 Å². The Morgan fingerprint density at radius 2 is 2.17 bits per heavy atom. The summed E-state index contributed by atoms with van der Waals surface area (Å²) < 4.78 is 0. The van der Waals surface area contributed by atoms with Crippen LogP contribution in [0, 0.1) is 0 Å². The van der Waals surface area contributed by atoms with Crippen LogP contribution in [0.5, 0.6) is 0 Å². The molecule has 1 aromatic carbocycles. The van der Waals surface area contributed by atoms with Crippen LogP contribution < -0.4 is 10.6 Å². The van der Waals surface area contributed by atoms with Gasteiger partial charge in [0.15, 0.2) is 0 Å². The van der Waals surface area contributed by atoms with Crippen molar-refractivity contribution in [1.29, 1.82) is 0 Å². The number of aliphatic carboxylic acids is 1. The van der Waals surface area contributed by atoms with Crippen LogP contribution in [0.2, 0.25) is 0 Å². The van der Waals surface area contributed by atoms with Crippen LogP contribution in [0.1, 0.15) is 31.7 Å². The lowest BCUT2D eigenvalue weighted by atomic mass is 9.97. The third-order valence-corrected chi connectivity index (χ3v) is 2.99. The monoisotopic (exact) mass is 248 g/mol. The molecule has 1 aliphatic heterocycles. The van der Waals surface area contributed by atoms with Crippen LogP contribution in [0.4, 0.5) is 11.4 Å². The molecule has 0 aliphatic carbocycles. The summed E-state index contributed by atoms with van der Waals surface area (Å²) in [7, 11) is 0. The van der Waals surface area contributed by atoms with Gasteiger partial charge in [-0.25, -0.2) is 0 Å². The van der Waals surface area contributed by atoms with Crippen molar-refractivity contribution in [2.45, 2.75) is 32.2 Å². The Morgan fingerprint density at radius 1 is 1.44 bits per heavy atom. The van der Waals surface area contributed by atoms with Crippen LogP contribution >= 0.6 is 0 Å². The first-order valence-electron chi connectivity index (χ1n) is 5.91. The van der Waals surface area contributed by atoms with E-state index in [1.165, 1.54) is 0 Å². The van der Waals surface area contributed by atoms with Crippen LogP contribution in [-0.4, -0.2) is 23.0 Å². The molecule has 0 radical (unpaired) electrons. The SMILES string of the molecule is CC(C)c1cccc2c1NC(CC(=O)O)C(=O)N2. The quantitative estimate of drug-likeness (QED) is 0.764. The second-order valence-electron chi connectivity index (χ2n) is 4.71. The normalized spacial score (nSPS) is 17.9. The predicted octanol–water partition coefficient (Wildman–Crippen LogP) is 2.02. The number of hydrogen-bond acceptors (Lipinski definition) is 3. The summed E-state index contributed by atoms with van der Waals surface area (Å²) in [5, 5.41) is 14.6. The minimum absolute atomic E-state index is 0.225. The first-order valence-corrected chi connectivity index (χ1v) is 5.91. The van der Waals surface area contributed by atoms with Crippen molar-refractivity contribution in [2.75, 3.05) is 10.6 Å². The molecule has 96 valence electrons. The Hall–Kier alpha value is -2.04. The van der Waals surface area contributed by atoms with E-state index in [0.717, 1.165) is 11.3 Å². The minimum Gasteiger partial charge on any atom is -0.481 e. The van der Waals surface area contributed by atoms with Crippen molar-refractivity contribution in [3.63, 3.8) is 0 Å². The molecule has 5 heteroatoms. The summed E-state index contributed by atoms with van der Waals surface area (Å²) in [5.74, 6) is -0.994. The summed E-state index contributed by atoms with van der Waals surface area (Å²) in [6, 6.07) is 4.96. The van der Waals surface area contributed by atoms with E-state index in [1.54, 1.807) is 0 Å². The van der Waals surface area contributed by atoms with Crippen LogP contribution in [-0.2, 0) is 9.59 Å². The minimum atomic E-state index is -0.992. The summed E-state index contributed by atoms with van der Waals surface area (Å²) in [4.78, 5) is 22.5. The third kappa shape index (κ3) is 2.30. The fourth-order valence-corrected chi connectivity index (χ4v) is 2.09. The topological polar surface area (TPSA) is 78.4 Å². The van der Waals surface area contributed by atoms with Gasteiger partial charge >= 0.3 is 5.97 Å². The van der Waals surface area contributed by atoms with Gasteiger partial charge in [0.1, 0.15) is 6.04 Å². The van der Waals surface area contributed by atoms with Gasteiger partial charge in [-0.1, -0.05) is 26.0 Å². The maximum atomic E-state index is 11.7. The Bertz CT molecular complexity index is 497. The largest absolute Gasteiger partial charge is 0.481 e. The van der Waals surface area contributed by atoms with Crippen LogP contribution in [0.3, 0.4) is 0 Å². The van der Waals surface area contributed by atoms with Gasteiger partial charge in [0.05, 0.1) is 17.8 Å². The van der Waals surface area contributed by atoms with Gasteiger partial charge in [-0.15, -0.1) is 0 Å². The Morgan fingerprint density at radius 3 is 2.78 bits per heavy atom. The molecule has 3 N–H and O–H groups in total. The van der Waals surface area contributed by atoms with Gasteiger partial charge in [0, 0.05) is 0 Å². The van der Waals surface area contributed by atoms with Gasteiger partial charge in [-0.2, -0.15) is 0 Å². The number of para-hydroxylation sites is 1. The second kappa shape index (κ2) is 4.68. The van der Waals surface area contributed by atoms with E-state index in [0.29, 0.717) is 11.6 Å². The lowest BCUT2D eigenvalue weighted by Gasteiger charge is -2.28. The molecule has 0 spiro atoms. The van der Waals surface area contributed by atoms with Crippen molar-refractivity contribution in [3.05, 3.63) is 23.8 Å². The second-order valence-corrected chi connectivity index (χ2v) is 4.71. The number of amides is 1. The molecule has 0 fully saturated rings. The maximum absolute atomic E-state index is 11.7. The molecule has 0 bridgehead atoms. The highest BCUT2D eigenvalue weighted by Gasteiger charge is 2.29. The average molecular weight is 248 g/mol. The summed E-state index contributed by atoms with van der Waals surface area (Å²) >= 11 is 0. The van der Waals surface area contributed by atoms with Crippen LogP contribution in [0.25, 0.3) is 0 Å². The van der Waals surface area contributed by atoms with E-state index in [4.69, 9.17) is 5.11 Å². The average Bonchev–Trinajstić information content (AvgIpc) is 2.28.